The summed E-state index contributed by atoms with van der Waals surface area (Å²) in [6.45, 7) is 10.1. The van der Waals surface area contributed by atoms with Gasteiger partial charge < -0.3 is 10.5 Å². The molecule has 0 heterocycles. The second-order valence-electron chi connectivity index (χ2n) is 6.44. The van der Waals surface area contributed by atoms with E-state index in [1.54, 1.807) is 11.8 Å². The van der Waals surface area contributed by atoms with Gasteiger partial charge in [0.2, 0.25) is 0 Å². The Bertz CT molecular complexity index is 483. The van der Waals surface area contributed by atoms with Crippen molar-refractivity contribution in [2.45, 2.75) is 50.3 Å². The first kappa shape index (κ1) is 20.3. The van der Waals surface area contributed by atoms with Gasteiger partial charge in [0.25, 0.3) is 0 Å². The maximum Gasteiger partial charge on any atom is 0.313 e. The van der Waals surface area contributed by atoms with Crippen LogP contribution in [0.15, 0.2) is 29.2 Å². The molecule has 0 aliphatic carbocycles. The molecule has 3 nitrogen and oxygen atoms in total. The van der Waals surface area contributed by atoms with Gasteiger partial charge in [-0.1, -0.05) is 39.0 Å². The Kier molecular flexibility index (Phi) is 7.27. The zero-order valence-corrected chi connectivity index (χ0v) is 15.2. The molecule has 21 heavy (non-hydrogen) atoms. The third-order valence-corrected chi connectivity index (χ3v) is 4.36. The normalized spacial score (nSPS) is 13.3. The Hall–Kier alpha value is -0.710. The summed E-state index contributed by atoms with van der Waals surface area (Å²) in [5.74, 6) is -0.291. The van der Waals surface area contributed by atoms with Crippen LogP contribution >= 0.6 is 24.2 Å². The molecular weight excluding hydrogens is 306 g/mol. The van der Waals surface area contributed by atoms with E-state index in [1.165, 1.54) is 7.11 Å². The molecule has 1 aromatic rings. The fourth-order valence-corrected chi connectivity index (χ4v) is 3.06. The number of carbonyl (C=O) groups is 1. The lowest BCUT2D eigenvalue weighted by molar-refractivity contribution is -0.152. The van der Waals surface area contributed by atoms with Crippen LogP contribution in [-0.2, 0) is 9.53 Å². The molecule has 0 aliphatic heterocycles. The van der Waals surface area contributed by atoms with Gasteiger partial charge in [0.15, 0.2) is 0 Å². The van der Waals surface area contributed by atoms with Crippen LogP contribution in [-0.4, -0.2) is 17.8 Å². The minimum Gasteiger partial charge on any atom is -0.469 e. The maximum atomic E-state index is 11.9. The molecule has 2 N–H and O–H groups in total. The summed E-state index contributed by atoms with van der Waals surface area (Å²) in [5.41, 5.74) is 6.58. The van der Waals surface area contributed by atoms with Crippen molar-refractivity contribution in [3.05, 3.63) is 29.8 Å². The van der Waals surface area contributed by atoms with Crippen LogP contribution in [0.2, 0.25) is 0 Å². The van der Waals surface area contributed by atoms with Crippen LogP contribution in [0.3, 0.4) is 0 Å². The first-order valence-electron chi connectivity index (χ1n) is 6.71. The minimum atomic E-state index is -0.761. The van der Waals surface area contributed by atoms with Crippen LogP contribution in [0.25, 0.3) is 0 Å². The van der Waals surface area contributed by atoms with Gasteiger partial charge in [-0.2, -0.15) is 0 Å². The Morgan fingerprint density at radius 2 is 1.71 bits per heavy atom. The monoisotopic (exact) mass is 331 g/mol. The van der Waals surface area contributed by atoms with Crippen molar-refractivity contribution >= 4 is 30.1 Å². The molecule has 120 valence electrons. The maximum absolute atomic E-state index is 11.9. The van der Waals surface area contributed by atoms with Crippen molar-refractivity contribution in [2.75, 3.05) is 7.11 Å². The number of carbonyl (C=O) groups excluding carboxylic acids is 1. The quantitative estimate of drug-likeness (QED) is 0.663. The highest BCUT2D eigenvalue weighted by Crippen LogP contribution is 2.40. The topological polar surface area (TPSA) is 52.3 Å². The number of hydrogen-bond acceptors (Lipinski definition) is 4. The molecule has 0 aliphatic rings. The van der Waals surface area contributed by atoms with Crippen LogP contribution in [0.1, 0.15) is 46.2 Å². The molecule has 1 atom stereocenters. The number of ether oxygens (including phenoxy) is 1. The second-order valence-corrected chi connectivity index (χ2v) is 8.31. The summed E-state index contributed by atoms with van der Waals surface area (Å²) in [4.78, 5) is 13.1. The lowest BCUT2D eigenvalue weighted by Gasteiger charge is -2.31. The summed E-state index contributed by atoms with van der Waals surface area (Å²) in [7, 11) is 1.40. The fourth-order valence-electron chi connectivity index (χ4n) is 1.94. The van der Waals surface area contributed by atoms with Crippen molar-refractivity contribution in [3.63, 3.8) is 0 Å². The number of hydrogen-bond donors (Lipinski definition) is 1. The van der Waals surface area contributed by atoms with Gasteiger partial charge in [0.1, 0.15) is 0 Å². The van der Waals surface area contributed by atoms with Crippen LogP contribution in [0.5, 0.6) is 0 Å². The summed E-state index contributed by atoms with van der Waals surface area (Å²) in [6, 6.07) is 7.59. The van der Waals surface area contributed by atoms with E-state index in [0.717, 1.165) is 10.5 Å². The summed E-state index contributed by atoms with van der Waals surface area (Å²) in [6.07, 6.45) is 0. The van der Waals surface area contributed by atoms with Crippen molar-refractivity contribution < 1.29 is 9.53 Å². The van der Waals surface area contributed by atoms with Gasteiger partial charge in [0.05, 0.1) is 12.5 Å². The third-order valence-electron chi connectivity index (χ3n) is 3.16. The van der Waals surface area contributed by atoms with E-state index in [0.29, 0.717) is 0 Å². The predicted molar refractivity (Wildman–Crippen MR) is 92.0 cm³/mol. The number of esters is 1. The molecule has 0 bridgehead atoms. The Labute approximate surface area is 138 Å². The summed E-state index contributed by atoms with van der Waals surface area (Å²) >= 11 is 1.76. The molecule has 0 spiro atoms. The number of benzene rings is 1. The standard InChI is InChI=1S/C16H25NO2S.ClH/c1-15(2,3)20-12-10-8-7-9-11(12)13(17)16(4,5)14(18)19-6;/h7-10,13H,17H2,1-6H3;1H/t13-;/m1./s1. The van der Waals surface area contributed by atoms with E-state index >= 15 is 0 Å². The van der Waals surface area contributed by atoms with Gasteiger partial charge >= 0.3 is 5.97 Å². The molecule has 0 amide bonds. The number of nitrogens with two attached hydrogens (primary N) is 1. The van der Waals surface area contributed by atoms with Gasteiger partial charge in [-0.3, -0.25) is 4.79 Å². The molecule has 0 aromatic heterocycles. The van der Waals surface area contributed by atoms with E-state index in [2.05, 4.69) is 26.8 Å². The number of methoxy groups -OCH3 is 1. The summed E-state index contributed by atoms with van der Waals surface area (Å²) < 4.78 is 4.96. The van der Waals surface area contributed by atoms with E-state index in [4.69, 9.17) is 10.5 Å². The number of rotatable bonds is 4. The molecule has 5 heteroatoms. The van der Waals surface area contributed by atoms with Crippen molar-refractivity contribution in [2.24, 2.45) is 11.1 Å². The number of halogens is 1. The van der Waals surface area contributed by atoms with Crippen molar-refractivity contribution in [3.8, 4) is 0 Å². The van der Waals surface area contributed by atoms with Crippen molar-refractivity contribution in [1.29, 1.82) is 0 Å². The second kappa shape index (κ2) is 7.52. The third kappa shape index (κ3) is 5.20. The average molecular weight is 332 g/mol. The summed E-state index contributed by atoms with van der Waals surface area (Å²) in [5, 5.41) is 0. The van der Waals surface area contributed by atoms with E-state index < -0.39 is 11.5 Å². The largest absolute Gasteiger partial charge is 0.469 e. The van der Waals surface area contributed by atoms with E-state index in [-0.39, 0.29) is 23.1 Å². The van der Waals surface area contributed by atoms with Gasteiger partial charge in [-0.25, -0.2) is 0 Å². The first-order chi connectivity index (χ1) is 9.09. The van der Waals surface area contributed by atoms with Crippen molar-refractivity contribution in [1.82, 2.24) is 0 Å². The molecule has 0 saturated heterocycles. The SMILES string of the molecule is COC(=O)C(C)(C)[C@H](N)c1ccccc1SC(C)(C)C.Cl. The van der Waals surface area contributed by atoms with Crippen LogP contribution < -0.4 is 5.73 Å². The molecular formula is C16H26ClNO2S. The smallest absolute Gasteiger partial charge is 0.313 e. The van der Waals surface area contributed by atoms with Gasteiger partial charge in [-0.05, 0) is 25.5 Å². The zero-order chi connectivity index (χ0) is 15.6. The average Bonchev–Trinajstić information content (AvgIpc) is 2.35. The lowest BCUT2D eigenvalue weighted by Crippen LogP contribution is -2.37. The highest BCUT2D eigenvalue weighted by Gasteiger charge is 2.37. The lowest BCUT2D eigenvalue weighted by atomic mass is 9.81. The Morgan fingerprint density at radius 1 is 1.19 bits per heavy atom. The molecule has 0 fully saturated rings. The predicted octanol–water partition coefficient (Wildman–Crippen LogP) is 4.20. The molecule has 1 rings (SSSR count). The van der Waals surface area contributed by atoms with Gasteiger partial charge in [0, 0.05) is 15.7 Å². The molecule has 0 unspecified atom stereocenters. The van der Waals surface area contributed by atoms with E-state index in [1.807, 2.05) is 32.0 Å². The molecule has 0 radical (unpaired) electrons. The van der Waals surface area contributed by atoms with Crippen LogP contribution in [0, 0.1) is 5.41 Å². The number of thioether (sulfide) groups is 1. The Balaban J connectivity index is 0.00000400. The first-order valence-corrected chi connectivity index (χ1v) is 7.53. The van der Waals surface area contributed by atoms with E-state index in [9.17, 15) is 4.79 Å². The molecule has 1 aromatic carbocycles. The van der Waals surface area contributed by atoms with Gasteiger partial charge in [-0.15, -0.1) is 24.2 Å². The highest BCUT2D eigenvalue weighted by molar-refractivity contribution is 8.00. The fraction of sp³-hybridized carbons (Fsp3) is 0.562. The molecule has 0 saturated carbocycles. The minimum absolute atomic E-state index is 0. The highest BCUT2D eigenvalue weighted by atomic mass is 35.5. The zero-order valence-electron chi connectivity index (χ0n) is 13.6. The van der Waals surface area contributed by atoms with Crippen LogP contribution in [0.4, 0.5) is 0 Å². The Morgan fingerprint density at radius 3 is 2.19 bits per heavy atom.